The van der Waals surface area contributed by atoms with Crippen molar-refractivity contribution in [3.63, 3.8) is 0 Å². The van der Waals surface area contributed by atoms with Crippen molar-refractivity contribution in [2.24, 2.45) is 0 Å². The van der Waals surface area contributed by atoms with E-state index in [4.69, 9.17) is 0 Å². The first-order chi connectivity index (χ1) is 11.8. The molecule has 0 aromatic heterocycles. The van der Waals surface area contributed by atoms with Crippen LogP contribution >= 0.6 is 0 Å². The molecule has 2 fully saturated rings. The molecule has 3 atom stereocenters. The lowest BCUT2D eigenvalue weighted by molar-refractivity contribution is -0.122. The molecule has 2 aliphatic heterocycles. The van der Waals surface area contributed by atoms with Crippen LogP contribution in [0.2, 0.25) is 0 Å². The van der Waals surface area contributed by atoms with Crippen molar-refractivity contribution in [2.45, 2.75) is 50.2 Å². The lowest BCUT2D eigenvalue weighted by Crippen LogP contribution is -2.50. The van der Waals surface area contributed by atoms with Crippen molar-refractivity contribution < 1.29 is 17.6 Å². The van der Waals surface area contributed by atoms with Crippen molar-refractivity contribution in [2.75, 3.05) is 14.1 Å². The summed E-state index contributed by atoms with van der Waals surface area (Å²) >= 11 is 0. The fraction of sp³-hybridized carbons (Fsp3) is 0.588. The minimum Gasteiger partial charge on any atom is -0.352 e. The molecule has 2 heterocycles. The molecule has 3 rings (SSSR count). The van der Waals surface area contributed by atoms with E-state index < -0.39 is 16.3 Å². The van der Waals surface area contributed by atoms with E-state index in [1.807, 2.05) is 0 Å². The number of hydrogen-bond acceptors (Lipinski definition) is 3. The summed E-state index contributed by atoms with van der Waals surface area (Å²) in [5.74, 6) is -0.389. The molecule has 138 valence electrons. The van der Waals surface area contributed by atoms with Crippen LogP contribution in [0.3, 0.4) is 0 Å². The maximum Gasteiger partial charge on any atom is 0.282 e. The third-order valence-corrected chi connectivity index (χ3v) is 7.04. The molecule has 2 aliphatic rings. The Morgan fingerprint density at radius 3 is 2.52 bits per heavy atom. The highest BCUT2D eigenvalue weighted by molar-refractivity contribution is 7.86. The van der Waals surface area contributed by atoms with Crippen molar-refractivity contribution in [3.05, 3.63) is 35.6 Å². The molecule has 25 heavy (non-hydrogen) atoms. The summed E-state index contributed by atoms with van der Waals surface area (Å²) in [6.45, 7) is 0. The van der Waals surface area contributed by atoms with E-state index >= 15 is 0 Å². The minimum absolute atomic E-state index is 0.0309. The molecule has 1 aromatic rings. The zero-order valence-corrected chi connectivity index (χ0v) is 15.3. The quantitative estimate of drug-likeness (QED) is 0.883. The van der Waals surface area contributed by atoms with Crippen LogP contribution in [0, 0.1) is 5.82 Å². The first kappa shape index (κ1) is 18.3. The molecule has 1 aromatic carbocycles. The SMILES string of the molecule is CN(C)S(=O)(=O)N1[C@H](c2ccc(F)cc2)C[C@H]2NC(=O)CCCC[C@@H]21. The fourth-order valence-corrected chi connectivity index (χ4v) is 5.30. The zero-order chi connectivity index (χ0) is 18.2. The van der Waals surface area contributed by atoms with Crippen molar-refractivity contribution >= 4 is 16.1 Å². The molecule has 1 N–H and O–H groups in total. The number of carbonyl (C=O) groups is 1. The van der Waals surface area contributed by atoms with Gasteiger partial charge in [0, 0.05) is 32.6 Å². The smallest absolute Gasteiger partial charge is 0.282 e. The van der Waals surface area contributed by atoms with Crippen LogP contribution in [-0.2, 0) is 15.0 Å². The van der Waals surface area contributed by atoms with Gasteiger partial charge >= 0.3 is 0 Å². The first-order valence-electron chi connectivity index (χ1n) is 8.56. The Morgan fingerprint density at radius 1 is 1.20 bits per heavy atom. The van der Waals surface area contributed by atoms with Gasteiger partial charge in [-0.2, -0.15) is 17.0 Å². The third kappa shape index (κ3) is 3.56. The number of nitrogens with one attached hydrogen (secondary N) is 1. The molecule has 2 saturated heterocycles. The summed E-state index contributed by atoms with van der Waals surface area (Å²) in [4.78, 5) is 12.0. The largest absolute Gasteiger partial charge is 0.352 e. The number of rotatable bonds is 3. The molecule has 1 amide bonds. The van der Waals surface area contributed by atoms with Gasteiger partial charge < -0.3 is 5.32 Å². The van der Waals surface area contributed by atoms with Gasteiger partial charge in [-0.3, -0.25) is 4.79 Å². The fourth-order valence-electron chi connectivity index (χ4n) is 3.80. The summed E-state index contributed by atoms with van der Waals surface area (Å²) in [5.41, 5.74) is 0.743. The van der Waals surface area contributed by atoms with Crippen LogP contribution in [-0.4, -0.2) is 49.1 Å². The average Bonchev–Trinajstić information content (AvgIpc) is 2.88. The number of fused-ring (bicyclic) bond motifs is 1. The number of hydrogen-bond donors (Lipinski definition) is 1. The van der Waals surface area contributed by atoms with Crippen LogP contribution in [0.5, 0.6) is 0 Å². The van der Waals surface area contributed by atoms with E-state index in [0.29, 0.717) is 19.3 Å². The average molecular weight is 369 g/mol. The minimum atomic E-state index is -3.68. The molecule has 0 aliphatic carbocycles. The standard InChI is InChI=1S/C17H24FN3O3S/c1-20(2)25(23,24)21-15-5-3-4-6-17(22)19-14(15)11-16(21)12-7-9-13(18)10-8-12/h7-10,14-16H,3-6,11H2,1-2H3,(H,19,22)/t14-,15+,16+/m1/s1. The first-order valence-corrected chi connectivity index (χ1v) is 9.96. The van der Waals surface area contributed by atoms with Gasteiger partial charge in [0.05, 0.1) is 6.04 Å². The van der Waals surface area contributed by atoms with Crippen molar-refractivity contribution in [1.82, 2.24) is 13.9 Å². The van der Waals surface area contributed by atoms with Crippen molar-refractivity contribution in [3.8, 4) is 0 Å². The van der Waals surface area contributed by atoms with E-state index in [2.05, 4.69) is 5.32 Å². The van der Waals surface area contributed by atoms with E-state index in [-0.39, 0.29) is 23.8 Å². The van der Waals surface area contributed by atoms with Gasteiger partial charge in [0.1, 0.15) is 5.82 Å². The number of amides is 1. The Bertz CT molecular complexity index is 736. The second-order valence-corrected chi connectivity index (χ2v) is 8.96. The molecule has 8 heteroatoms. The Balaban J connectivity index is 2.02. The van der Waals surface area contributed by atoms with E-state index in [1.54, 1.807) is 12.1 Å². The Morgan fingerprint density at radius 2 is 1.88 bits per heavy atom. The monoisotopic (exact) mass is 369 g/mol. The van der Waals surface area contributed by atoms with Gasteiger partial charge in [0.15, 0.2) is 0 Å². The van der Waals surface area contributed by atoms with Crippen molar-refractivity contribution in [1.29, 1.82) is 0 Å². The van der Waals surface area contributed by atoms with Gasteiger partial charge in [-0.05, 0) is 37.0 Å². The molecule has 0 saturated carbocycles. The highest BCUT2D eigenvalue weighted by Gasteiger charge is 2.49. The molecule has 0 unspecified atom stereocenters. The Hall–Kier alpha value is -1.51. The summed E-state index contributed by atoms with van der Waals surface area (Å²) in [6, 6.07) is 5.01. The van der Waals surface area contributed by atoms with Crippen LogP contribution < -0.4 is 5.32 Å². The third-order valence-electron chi connectivity index (χ3n) is 5.06. The van der Waals surface area contributed by atoms with Crippen LogP contribution in [0.15, 0.2) is 24.3 Å². The lowest BCUT2D eigenvalue weighted by atomic mass is 9.97. The predicted molar refractivity (Wildman–Crippen MR) is 92.4 cm³/mol. The van der Waals surface area contributed by atoms with Gasteiger partial charge in [-0.25, -0.2) is 4.39 Å². The number of nitrogens with zero attached hydrogens (tertiary/aromatic N) is 2. The number of halogens is 1. The van der Waals surface area contributed by atoms with Gasteiger partial charge in [0.2, 0.25) is 5.91 Å². The molecular formula is C17H24FN3O3S. The van der Waals surface area contributed by atoms with E-state index in [9.17, 15) is 17.6 Å². The normalized spacial score (nSPS) is 28.3. The predicted octanol–water partition coefficient (Wildman–Crippen LogP) is 1.81. The Labute approximate surface area is 148 Å². The second-order valence-electron chi connectivity index (χ2n) is 6.91. The van der Waals surface area contributed by atoms with Gasteiger partial charge in [0.25, 0.3) is 10.2 Å². The maximum absolute atomic E-state index is 13.3. The zero-order valence-electron chi connectivity index (χ0n) is 14.5. The highest BCUT2D eigenvalue weighted by Crippen LogP contribution is 2.41. The molecule has 0 spiro atoms. The topological polar surface area (TPSA) is 69.7 Å². The number of benzene rings is 1. The summed E-state index contributed by atoms with van der Waals surface area (Å²) < 4.78 is 42.0. The Kier molecular flexibility index (Phi) is 5.13. The van der Waals surface area contributed by atoms with Gasteiger partial charge in [-0.1, -0.05) is 18.6 Å². The number of carbonyl (C=O) groups excluding carboxylic acids is 1. The summed E-state index contributed by atoms with van der Waals surface area (Å²) in [6.07, 6.45) is 3.24. The second kappa shape index (κ2) is 7.01. The van der Waals surface area contributed by atoms with Gasteiger partial charge in [-0.15, -0.1) is 0 Å². The summed E-state index contributed by atoms with van der Waals surface area (Å²) in [7, 11) is -0.667. The molecular weight excluding hydrogens is 345 g/mol. The van der Waals surface area contributed by atoms with Crippen LogP contribution in [0.1, 0.15) is 43.7 Å². The van der Waals surface area contributed by atoms with E-state index in [1.165, 1.54) is 34.8 Å². The molecule has 6 nitrogen and oxygen atoms in total. The van der Waals surface area contributed by atoms with Crippen LogP contribution in [0.25, 0.3) is 0 Å². The highest BCUT2D eigenvalue weighted by atomic mass is 32.2. The molecule has 0 bridgehead atoms. The lowest BCUT2D eigenvalue weighted by Gasteiger charge is -2.33. The maximum atomic E-state index is 13.3. The summed E-state index contributed by atoms with van der Waals surface area (Å²) in [5, 5.41) is 3.00. The van der Waals surface area contributed by atoms with E-state index in [0.717, 1.165) is 18.4 Å². The molecule has 0 radical (unpaired) electrons. The van der Waals surface area contributed by atoms with Crippen LogP contribution in [0.4, 0.5) is 4.39 Å².